The molecule has 4 aromatic heterocycles. The quantitative estimate of drug-likeness (QED) is 0.535. The molecule has 1 fully saturated rings. The molecule has 0 saturated carbocycles. The Morgan fingerprint density at radius 1 is 1.07 bits per heavy atom. The van der Waals surface area contributed by atoms with Crippen LogP contribution < -0.4 is 0 Å². The van der Waals surface area contributed by atoms with Gasteiger partial charge in [0, 0.05) is 55.2 Å². The molecule has 0 N–H and O–H groups in total. The van der Waals surface area contributed by atoms with E-state index in [4.69, 9.17) is 0 Å². The second-order valence-corrected chi connectivity index (χ2v) is 8.30. The molecule has 0 spiro atoms. The molecule has 4 aromatic rings. The minimum atomic E-state index is 0.248. The van der Waals surface area contributed by atoms with E-state index in [-0.39, 0.29) is 6.04 Å². The number of rotatable bonds is 4. The Kier molecular flexibility index (Phi) is 4.64. The van der Waals surface area contributed by atoms with Gasteiger partial charge >= 0.3 is 0 Å². The Morgan fingerprint density at radius 3 is 2.79 bits per heavy atom. The van der Waals surface area contributed by atoms with Crippen LogP contribution in [0.4, 0.5) is 0 Å². The van der Waals surface area contributed by atoms with E-state index in [2.05, 4.69) is 61.8 Å². The normalized spacial score (nSPS) is 18.7. The summed E-state index contributed by atoms with van der Waals surface area (Å²) in [6.07, 6.45) is 5.67. The summed E-state index contributed by atoms with van der Waals surface area (Å²) in [7, 11) is 2.18. The van der Waals surface area contributed by atoms with Gasteiger partial charge in [-0.1, -0.05) is 17.3 Å². The van der Waals surface area contributed by atoms with E-state index in [1.54, 1.807) is 0 Å². The molecule has 142 valence electrons. The molecule has 1 saturated heterocycles. The first-order valence-electron chi connectivity index (χ1n) is 9.48. The van der Waals surface area contributed by atoms with Crippen molar-refractivity contribution in [3.8, 4) is 11.1 Å². The Morgan fingerprint density at radius 2 is 1.96 bits per heavy atom. The smallest absolute Gasteiger partial charge is 0.109 e. The van der Waals surface area contributed by atoms with Gasteiger partial charge in [0.1, 0.15) is 5.69 Å². The number of thiophene rings is 1. The van der Waals surface area contributed by atoms with E-state index in [9.17, 15) is 0 Å². The molecular formula is C21H22N6S. The van der Waals surface area contributed by atoms with Gasteiger partial charge in [-0.15, -0.1) is 16.4 Å². The maximum atomic E-state index is 4.57. The van der Waals surface area contributed by atoms with Gasteiger partial charge in [0.25, 0.3) is 0 Å². The number of likely N-dealkylation sites (N-methyl/N-ethyl adjacent to an activating group) is 1. The van der Waals surface area contributed by atoms with Crippen LogP contribution >= 0.6 is 11.3 Å². The Bertz CT molecular complexity index is 1060. The zero-order valence-electron chi connectivity index (χ0n) is 15.8. The minimum Gasteiger partial charge on any atom is -0.295 e. The first kappa shape index (κ1) is 17.5. The van der Waals surface area contributed by atoms with E-state index < -0.39 is 0 Å². The summed E-state index contributed by atoms with van der Waals surface area (Å²) in [6.45, 7) is 4.09. The molecule has 5 rings (SSSR count). The van der Waals surface area contributed by atoms with Gasteiger partial charge in [-0.2, -0.15) is 0 Å². The molecule has 0 aliphatic carbocycles. The summed E-state index contributed by atoms with van der Waals surface area (Å²) in [5.41, 5.74) is 4.38. The lowest BCUT2D eigenvalue weighted by molar-refractivity contribution is 0.0896. The lowest BCUT2D eigenvalue weighted by Gasteiger charge is -2.38. The summed E-state index contributed by atoms with van der Waals surface area (Å²) >= 11 is 1.83. The van der Waals surface area contributed by atoms with E-state index in [1.807, 2.05) is 46.6 Å². The Labute approximate surface area is 168 Å². The van der Waals surface area contributed by atoms with E-state index in [0.29, 0.717) is 0 Å². The highest BCUT2D eigenvalue weighted by Crippen LogP contribution is 2.28. The van der Waals surface area contributed by atoms with Crippen molar-refractivity contribution in [1.82, 2.24) is 29.6 Å². The van der Waals surface area contributed by atoms with Crippen LogP contribution in [-0.4, -0.2) is 56.3 Å². The SMILES string of the molecule is CN1CCN(Cc2cccs2)C[C@H]1c1nnn2cc(-c3ccncc3)ccc12. The first-order valence-corrected chi connectivity index (χ1v) is 10.4. The van der Waals surface area contributed by atoms with Crippen LogP contribution in [0.2, 0.25) is 0 Å². The summed E-state index contributed by atoms with van der Waals surface area (Å²) in [5.74, 6) is 0. The van der Waals surface area contributed by atoms with Crippen LogP contribution in [0.3, 0.4) is 0 Å². The van der Waals surface area contributed by atoms with Crippen molar-refractivity contribution in [1.29, 1.82) is 0 Å². The van der Waals surface area contributed by atoms with Gasteiger partial charge in [-0.25, -0.2) is 4.52 Å². The minimum absolute atomic E-state index is 0.248. The van der Waals surface area contributed by atoms with Crippen molar-refractivity contribution in [2.24, 2.45) is 0 Å². The van der Waals surface area contributed by atoms with Crippen molar-refractivity contribution in [2.45, 2.75) is 12.6 Å². The molecular weight excluding hydrogens is 368 g/mol. The average Bonchev–Trinajstić information content (AvgIpc) is 3.39. The number of hydrogen-bond acceptors (Lipinski definition) is 6. The number of piperazine rings is 1. The van der Waals surface area contributed by atoms with E-state index in [0.717, 1.165) is 48.5 Å². The molecule has 0 aromatic carbocycles. The van der Waals surface area contributed by atoms with Crippen LogP contribution in [0.25, 0.3) is 16.6 Å². The first-order chi connectivity index (χ1) is 13.8. The van der Waals surface area contributed by atoms with Crippen LogP contribution in [0.1, 0.15) is 16.6 Å². The monoisotopic (exact) mass is 390 g/mol. The lowest BCUT2D eigenvalue weighted by Crippen LogP contribution is -2.46. The number of aromatic nitrogens is 4. The van der Waals surface area contributed by atoms with Crippen molar-refractivity contribution in [3.05, 3.63) is 70.9 Å². The highest BCUT2D eigenvalue weighted by atomic mass is 32.1. The molecule has 0 amide bonds. The molecule has 0 radical (unpaired) electrons. The van der Waals surface area contributed by atoms with Crippen LogP contribution in [0.5, 0.6) is 0 Å². The van der Waals surface area contributed by atoms with Gasteiger partial charge in [0.05, 0.1) is 11.6 Å². The predicted molar refractivity (Wildman–Crippen MR) is 111 cm³/mol. The lowest BCUT2D eigenvalue weighted by atomic mass is 10.1. The van der Waals surface area contributed by atoms with Crippen LogP contribution in [0, 0.1) is 0 Å². The fourth-order valence-electron chi connectivity index (χ4n) is 3.86. The summed E-state index contributed by atoms with van der Waals surface area (Å²) in [5, 5.41) is 11.1. The van der Waals surface area contributed by atoms with Crippen molar-refractivity contribution >= 4 is 16.9 Å². The fourth-order valence-corrected chi connectivity index (χ4v) is 4.60. The van der Waals surface area contributed by atoms with Crippen molar-refractivity contribution < 1.29 is 0 Å². The van der Waals surface area contributed by atoms with Gasteiger partial charge in [0.2, 0.25) is 0 Å². The molecule has 5 heterocycles. The Hall–Kier alpha value is -2.61. The third kappa shape index (κ3) is 3.32. The number of nitrogens with zero attached hydrogens (tertiary/aromatic N) is 6. The molecule has 28 heavy (non-hydrogen) atoms. The highest BCUT2D eigenvalue weighted by Gasteiger charge is 2.29. The fraction of sp³-hybridized carbons (Fsp3) is 0.286. The summed E-state index contributed by atoms with van der Waals surface area (Å²) in [6, 6.07) is 12.9. The van der Waals surface area contributed by atoms with Gasteiger partial charge in [-0.05, 0) is 42.3 Å². The highest BCUT2D eigenvalue weighted by molar-refractivity contribution is 7.09. The van der Waals surface area contributed by atoms with Crippen molar-refractivity contribution in [3.63, 3.8) is 0 Å². The third-order valence-corrected chi connectivity index (χ3v) is 6.32. The molecule has 1 aliphatic rings. The second-order valence-electron chi connectivity index (χ2n) is 7.27. The Balaban J connectivity index is 1.43. The number of pyridine rings is 2. The number of fused-ring (bicyclic) bond motifs is 1. The van der Waals surface area contributed by atoms with Gasteiger partial charge in [0.15, 0.2) is 0 Å². The standard InChI is InChI=1S/C21H22N6S/c1-25-10-11-26(14-18-3-2-12-28-18)15-20(25)21-19-5-4-17(13-27(19)24-23-21)16-6-8-22-9-7-16/h2-9,12-13,20H,10-11,14-15H2,1H3/t20-/m0/s1. The molecule has 0 unspecified atom stereocenters. The second kappa shape index (κ2) is 7.43. The zero-order valence-corrected chi connectivity index (χ0v) is 16.6. The predicted octanol–water partition coefficient (Wildman–Crippen LogP) is 3.34. The average molecular weight is 391 g/mol. The van der Waals surface area contributed by atoms with E-state index in [1.165, 1.54) is 4.88 Å². The maximum Gasteiger partial charge on any atom is 0.109 e. The maximum absolute atomic E-state index is 4.57. The largest absolute Gasteiger partial charge is 0.295 e. The third-order valence-electron chi connectivity index (χ3n) is 5.46. The topological polar surface area (TPSA) is 49.6 Å². The summed E-state index contributed by atoms with van der Waals surface area (Å²) < 4.78 is 1.90. The zero-order chi connectivity index (χ0) is 18.9. The molecule has 0 bridgehead atoms. The molecule has 6 nitrogen and oxygen atoms in total. The van der Waals surface area contributed by atoms with Gasteiger partial charge in [-0.3, -0.25) is 14.8 Å². The van der Waals surface area contributed by atoms with Crippen LogP contribution in [-0.2, 0) is 6.54 Å². The molecule has 7 heteroatoms. The van der Waals surface area contributed by atoms with Crippen LogP contribution in [0.15, 0.2) is 60.4 Å². The summed E-state index contributed by atoms with van der Waals surface area (Å²) in [4.78, 5) is 10.4. The number of hydrogen-bond donors (Lipinski definition) is 0. The molecule has 1 aliphatic heterocycles. The van der Waals surface area contributed by atoms with E-state index >= 15 is 0 Å². The van der Waals surface area contributed by atoms with Gasteiger partial charge < -0.3 is 0 Å². The molecule has 1 atom stereocenters. The van der Waals surface area contributed by atoms with Crippen molar-refractivity contribution in [2.75, 3.05) is 26.7 Å².